The Morgan fingerprint density at radius 3 is 3.13 bits per heavy atom. The number of aromatic nitrogens is 2. The van der Waals surface area contributed by atoms with Crippen molar-refractivity contribution >= 4 is 27.9 Å². The predicted octanol–water partition coefficient (Wildman–Crippen LogP) is 2.24. The van der Waals surface area contributed by atoms with E-state index >= 15 is 0 Å². The van der Waals surface area contributed by atoms with Crippen molar-refractivity contribution in [3.05, 3.63) is 33.2 Å². The number of thiazole rings is 1. The van der Waals surface area contributed by atoms with Crippen molar-refractivity contribution in [2.45, 2.75) is 19.8 Å². The van der Waals surface area contributed by atoms with E-state index < -0.39 is 0 Å². The van der Waals surface area contributed by atoms with Crippen LogP contribution in [-0.2, 0) is 6.42 Å². The van der Waals surface area contributed by atoms with E-state index in [-0.39, 0.29) is 5.56 Å². The number of rotatable bonds is 3. The molecule has 0 radical (unpaired) electrons. The molecule has 0 aliphatic heterocycles. The molecule has 0 amide bonds. The van der Waals surface area contributed by atoms with Gasteiger partial charge in [-0.25, -0.2) is 4.98 Å². The molecule has 2 aromatic rings. The van der Waals surface area contributed by atoms with Crippen LogP contribution in [0.2, 0.25) is 0 Å². The molecule has 0 fully saturated rings. The molecule has 2 rings (SSSR count). The number of aryl methyl sites for hydroxylation is 2. The van der Waals surface area contributed by atoms with Crippen LogP contribution in [0, 0.1) is 6.92 Å². The summed E-state index contributed by atoms with van der Waals surface area (Å²) in [6.07, 6.45) is 1.71. The molecule has 0 aromatic carbocycles. The number of nitrogens with zero attached hydrogens (tertiary/aromatic N) is 2. The van der Waals surface area contributed by atoms with Gasteiger partial charge in [-0.2, -0.15) is 0 Å². The highest BCUT2D eigenvalue weighted by atomic mass is 35.5. The molecule has 0 atom stereocenters. The standard InChI is InChI=1S/C10H11ClN2OS/c1-7-5-9(14)13-8(3-2-4-11)6-15-10(13)12-7/h5-6H,2-4H2,1H3. The van der Waals surface area contributed by atoms with Crippen molar-refractivity contribution in [1.82, 2.24) is 9.38 Å². The predicted molar refractivity (Wildman–Crippen MR) is 63.1 cm³/mol. The molecule has 0 unspecified atom stereocenters. The second-order valence-electron chi connectivity index (χ2n) is 3.37. The van der Waals surface area contributed by atoms with E-state index in [4.69, 9.17) is 11.6 Å². The number of halogens is 1. The quantitative estimate of drug-likeness (QED) is 0.774. The average molecular weight is 243 g/mol. The van der Waals surface area contributed by atoms with Crippen molar-refractivity contribution in [1.29, 1.82) is 0 Å². The van der Waals surface area contributed by atoms with Crippen molar-refractivity contribution in [3.8, 4) is 0 Å². The van der Waals surface area contributed by atoms with Crippen molar-refractivity contribution in [2.75, 3.05) is 5.88 Å². The zero-order valence-electron chi connectivity index (χ0n) is 8.36. The van der Waals surface area contributed by atoms with Crippen molar-refractivity contribution < 1.29 is 0 Å². The molecule has 80 valence electrons. The highest BCUT2D eigenvalue weighted by Crippen LogP contribution is 2.14. The lowest BCUT2D eigenvalue weighted by molar-refractivity contribution is 0.853. The summed E-state index contributed by atoms with van der Waals surface area (Å²) in [5, 5.41) is 1.98. The monoisotopic (exact) mass is 242 g/mol. The lowest BCUT2D eigenvalue weighted by Gasteiger charge is -1.99. The molecule has 0 saturated carbocycles. The van der Waals surface area contributed by atoms with Gasteiger partial charge in [0.05, 0.1) is 0 Å². The molecule has 15 heavy (non-hydrogen) atoms. The molecule has 0 saturated heterocycles. The molecule has 0 spiro atoms. The van der Waals surface area contributed by atoms with E-state index in [1.165, 1.54) is 11.3 Å². The van der Waals surface area contributed by atoms with E-state index in [1.807, 2.05) is 12.3 Å². The second kappa shape index (κ2) is 4.33. The first-order chi connectivity index (χ1) is 7.22. The van der Waals surface area contributed by atoms with Crippen LogP contribution in [-0.4, -0.2) is 15.3 Å². The number of alkyl halides is 1. The highest BCUT2D eigenvalue weighted by Gasteiger charge is 2.06. The molecular formula is C10H11ClN2OS. The van der Waals surface area contributed by atoms with E-state index in [2.05, 4.69) is 4.98 Å². The van der Waals surface area contributed by atoms with Gasteiger partial charge in [0, 0.05) is 28.7 Å². The van der Waals surface area contributed by atoms with Crippen LogP contribution in [0.5, 0.6) is 0 Å². The van der Waals surface area contributed by atoms with Crippen LogP contribution in [0.3, 0.4) is 0 Å². The van der Waals surface area contributed by atoms with Gasteiger partial charge in [0.25, 0.3) is 5.56 Å². The van der Waals surface area contributed by atoms with Gasteiger partial charge in [-0.15, -0.1) is 22.9 Å². The summed E-state index contributed by atoms with van der Waals surface area (Å²) in [6, 6.07) is 1.56. The maximum absolute atomic E-state index is 11.7. The zero-order valence-corrected chi connectivity index (χ0v) is 9.94. The first-order valence-corrected chi connectivity index (χ1v) is 6.16. The van der Waals surface area contributed by atoms with Gasteiger partial charge in [0.1, 0.15) is 0 Å². The Morgan fingerprint density at radius 1 is 1.60 bits per heavy atom. The lowest BCUT2D eigenvalue weighted by atomic mass is 10.3. The fourth-order valence-electron chi connectivity index (χ4n) is 1.51. The fraction of sp³-hybridized carbons (Fsp3) is 0.400. The Labute approximate surface area is 96.3 Å². The van der Waals surface area contributed by atoms with Crippen molar-refractivity contribution in [3.63, 3.8) is 0 Å². The summed E-state index contributed by atoms with van der Waals surface area (Å²) >= 11 is 7.14. The minimum Gasteiger partial charge on any atom is -0.269 e. The van der Waals surface area contributed by atoms with Gasteiger partial charge in [0.15, 0.2) is 4.96 Å². The number of fused-ring (bicyclic) bond motifs is 1. The van der Waals surface area contributed by atoms with Crippen LogP contribution >= 0.6 is 22.9 Å². The van der Waals surface area contributed by atoms with Gasteiger partial charge in [-0.05, 0) is 19.8 Å². The Bertz CT molecular complexity index is 532. The molecule has 0 N–H and O–H groups in total. The first-order valence-electron chi connectivity index (χ1n) is 4.75. The summed E-state index contributed by atoms with van der Waals surface area (Å²) in [5.74, 6) is 0.616. The first kappa shape index (κ1) is 10.6. The summed E-state index contributed by atoms with van der Waals surface area (Å²) in [6.45, 7) is 1.83. The molecule has 2 aromatic heterocycles. The summed E-state index contributed by atoms with van der Waals surface area (Å²) < 4.78 is 1.67. The van der Waals surface area contributed by atoms with E-state index in [9.17, 15) is 4.79 Å². The molecule has 3 nitrogen and oxygen atoms in total. The van der Waals surface area contributed by atoms with Crippen LogP contribution < -0.4 is 5.56 Å². The smallest absolute Gasteiger partial charge is 0.258 e. The maximum atomic E-state index is 11.7. The van der Waals surface area contributed by atoms with E-state index in [0.717, 1.165) is 29.2 Å². The minimum absolute atomic E-state index is 0.00308. The highest BCUT2D eigenvalue weighted by molar-refractivity contribution is 7.15. The molecule has 0 aliphatic rings. The Hall–Kier alpha value is -0.870. The van der Waals surface area contributed by atoms with Gasteiger partial charge >= 0.3 is 0 Å². The fourth-order valence-corrected chi connectivity index (χ4v) is 2.61. The molecule has 2 heterocycles. The Morgan fingerprint density at radius 2 is 2.40 bits per heavy atom. The zero-order chi connectivity index (χ0) is 10.8. The van der Waals surface area contributed by atoms with Gasteiger partial charge in [-0.1, -0.05) is 0 Å². The molecule has 5 heteroatoms. The second-order valence-corrected chi connectivity index (χ2v) is 4.59. The normalized spacial score (nSPS) is 11.1. The van der Waals surface area contributed by atoms with Gasteiger partial charge in [0.2, 0.25) is 0 Å². The average Bonchev–Trinajstić information content (AvgIpc) is 2.58. The molecule has 0 bridgehead atoms. The third-order valence-electron chi connectivity index (χ3n) is 2.17. The summed E-state index contributed by atoms with van der Waals surface area (Å²) in [4.78, 5) is 16.8. The molecular weight excluding hydrogens is 232 g/mol. The summed E-state index contributed by atoms with van der Waals surface area (Å²) in [5.41, 5.74) is 1.78. The third-order valence-corrected chi connectivity index (χ3v) is 3.31. The van der Waals surface area contributed by atoms with Crippen LogP contribution in [0.4, 0.5) is 0 Å². The molecule has 0 aliphatic carbocycles. The van der Waals surface area contributed by atoms with E-state index in [1.54, 1.807) is 10.5 Å². The van der Waals surface area contributed by atoms with Crippen molar-refractivity contribution in [2.24, 2.45) is 0 Å². The van der Waals surface area contributed by atoms with Gasteiger partial charge < -0.3 is 0 Å². The van der Waals surface area contributed by atoms with Crippen LogP contribution in [0.25, 0.3) is 4.96 Å². The SMILES string of the molecule is Cc1cc(=O)n2c(CCCCl)csc2n1. The van der Waals surface area contributed by atoms with Gasteiger partial charge in [-0.3, -0.25) is 9.20 Å². The largest absolute Gasteiger partial charge is 0.269 e. The minimum atomic E-state index is 0.00308. The topological polar surface area (TPSA) is 34.4 Å². The van der Waals surface area contributed by atoms with Crippen LogP contribution in [0.15, 0.2) is 16.2 Å². The van der Waals surface area contributed by atoms with Crippen LogP contribution in [0.1, 0.15) is 17.8 Å². The maximum Gasteiger partial charge on any atom is 0.258 e. The Kier molecular flexibility index (Phi) is 3.07. The van der Waals surface area contributed by atoms with E-state index in [0.29, 0.717) is 5.88 Å². The number of hydrogen-bond donors (Lipinski definition) is 0. The number of hydrogen-bond acceptors (Lipinski definition) is 3. The summed E-state index contributed by atoms with van der Waals surface area (Å²) in [7, 11) is 0. The Balaban J connectivity index is 2.54. The lowest BCUT2D eigenvalue weighted by Crippen LogP contribution is -2.15. The third kappa shape index (κ3) is 2.06.